The van der Waals surface area contributed by atoms with Crippen LogP contribution >= 0.6 is 0 Å². The lowest BCUT2D eigenvalue weighted by atomic mass is 10.1. The van der Waals surface area contributed by atoms with E-state index >= 15 is 0 Å². The molecule has 1 atom stereocenters. The second-order valence-electron chi connectivity index (χ2n) is 6.40. The molecule has 0 heterocycles. The van der Waals surface area contributed by atoms with Crippen molar-refractivity contribution in [1.29, 1.82) is 0 Å². The highest BCUT2D eigenvalue weighted by molar-refractivity contribution is 7.92. The summed E-state index contributed by atoms with van der Waals surface area (Å²) >= 11 is 0. The molecule has 0 saturated carbocycles. The monoisotopic (exact) mass is 442 g/mol. The second kappa shape index (κ2) is 9.21. The molecule has 2 rings (SSSR count). The van der Waals surface area contributed by atoms with Gasteiger partial charge in [-0.3, -0.25) is 9.10 Å². The Bertz CT molecular complexity index is 1020. The summed E-state index contributed by atoms with van der Waals surface area (Å²) < 4.78 is 69.7. The molecule has 0 spiro atoms. The van der Waals surface area contributed by atoms with Gasteiger partial charge in [-0.25, -0.2) is 8.42 Å². The fraction of sp³-hybridized carbons (Fsp3) is 0.250. The lowest BCUT2D eigenvalue weighted by Crippen LogP contribution is -2.45. The van der Waals surface area contributed by atoms with Gasteiger partial charge < -0.3 is 10.1 Å². The van der Waals surface area contributed by atoms with Gasteiger partial charge in [-0.15, -0.1) is 0 Å². The number of amides is 1. The van der Waals surface area contributed by atoms with E-state index in [1.807, 2.05) is 0 Å². The van der Waals surface area contributed by atoms with Gasteiger partial charge in [0.15, 0.2) is 0 Å². The first-order valence-corrected chi connectivity index (χ1v) is 10.6. The highest BCUT2D eigenvalue weighted by Crippen LogP contribution is 2.33. The third-order valence-corrected chi connectivity index (χ3v) is 5.23. The topological polar surface area (TPSA) is 75.7 Å². The van der Waals surface area contributed by atoms with Gasteiger partial charge in [0.1, 0.15) is 18.4 Å². The lowest BCUT2D eigenvalue weighted by molar-refractivity contribution is -0.137. The Hall–Kier alpha value is -3.01. The largest absolute Gasteiger partial charge is 0.489 e. The van der Waals surface area contributed by atoms with Crippen molar-refractivity contribution in [2.75, 3.05) is 22.5 Å². The smallest absolute Gasteiger partial charge is 0.416 e. The average Bonchev–Trinajstić information content (AvgIpc) is 2.65. The molecular formula is C20H21F3N2O4S. The number of halogens is 3. The second-order valence-corrected chi connectivity index (χ2v) is 8.26. The molecule has 10 heteroatoms. The van der Waals surface area contributed by atoms with Crippen molar-refractivity contribution >= 4 is 27.3 Å². The van der Waals surface area contributed by atoms with Crippen molar-refractivity contribution in [2.24, 2.45) is 0 Å². The summed E-state index contributed by atoms with van der Waals surface area (Å²) in [6.07, 6.45) is -2.29. The van der Waals surface area contributed by atoms with E-state index in [0.29, 0.717) is 21.8 Å². The maximum absolute atomic E-state index is 13.0. The van der Waals surface area contributed by atoms with E-state index in [1.165, 1.54) is 19.1 Å². The molecule has 30 heavy (non-hydrogen) atoms. The predicted octanol–water partition coefficient (Wildman–Crippen LogP) is 4.06. The summed E-state index contributed by atoms with van der Waals surface area (Å²) in [5.41, 5.74) is -0.947. The Balaban J connectivity index is 2.31. The first kappa shape index (κ1) is 23.3. The standard InChI is InChI=1S/C20H21F3N2O4S/c1-4-11-29-18-10-6-8-16(13-18)24-19(26)14(2)25(30(3,27)28)17-9-5-7-15(12-17)20(21,22)23/h4-10,12-14H,1,11H2,2-3H3,(H,24,26)/t14-/m1/s1. The van der Waals surface area contributed by atoms with E-state index in [1.54, 1.807) is 24.3 Å². The number of ether oxygens (including phenoxy) is 1. The van der Waals surface area contributed by atoms with Crippen molar-refractivity contribution in [2.45, 2.75) is 19.1 Å². The number of hydrogen-bond donors (Lipinski definition) is 1. The predicted molar refractivity (Wildman–Crippen MR) is 109 cm³/mol. The van der Waals surface area contributed by atoms with E-state index < -0.39 is 33.7 Å². The Morgan fingerprint density at radius 2 is 1.90 bits per heavy atom. The Kier molecular flexibility index (Phi) is 7.14. The molecule has 2 aromatic rings. The van der Waals surface area contributed by atoms with Gasteiger partial charge in [0.25, 0.3) is 0 Å². The Morgan fingerprint density at radius 3 is 2.50 bits per heavy atom. The minimum atomic E-state index is -4.66. The zero-order valence-corrected chi connectivity index (χ0v) is 17.1. The molecule has 0 aliphatic rings. The van der Waals surface area contributed by atoms with Crippen LogP contribution in [0.25, 0.3) is 0 Å². The van der Waals surface area contributed by atoms with Crippen LogP contribution in [0.5, 0.6) is 5.75 Å². The number of benzene rings is 2. The van der Waals surface area contributed by atoms with Crippen LogP contribution in [0.4, 0.5) is 24.5 Å². The fourth-order valence-corrected chi connectivity index (χ4v) is 3.86. The molecule has 0 fully saturated rings. The summed E-state index contributed by atoms with van der Waals surface area (Å²) in [4.78, 5) is 12.7. The zero-order chi connectivity index (χ0) is 22.5. The van der Waals surface area contributed by atoms with Crippen LogP contribution in [-0.2, 0) is 21.0 Å². The van der Waals surface area contributed by atoms with Crippen LogP contribution in [-0.4, -0.2) is 33.2 Å². The van der Waals surface area contributed by atoms with Gasteiger partial charge in [0.05, 0.1) is 17.5 Å². The molecule has 0 aliphatic heterocycles. The summed E-state index contributed by atoms with van der Waals surface area (Å²) in [5.74, 6) is -0.267. The van der Waals surface area contributed by atoms with Crippen LogP contribution in [0, 0.1) is 0 Å². The minimum absolute atomic E-state index is 0.255. The van der Waals surface area contributed by atoms with E-state index in [2.05, 4.69) is 11.9 Å². The number of nitrogens with zero attached hydrogens (tertiary/aromatic N) is 1. The molecule has 162 valence electrons. The summed E-state index contributed by atoms with van der Waals surface area (Å²) in [7, 11) is -4.07. The summed E-state index contributed by atoms with van der Waals surface area (Å²) in [5, 5.41) is 2.55. The van der Waals surface area contributed by atoms with Crippen LogP contribution in [0.15, 0.2) is 61.2 Å². The molecule has 1 N–H and O–H groups in total. The van der Waals surface area contributed by atoms with E-state index in [-0.39, 0.29) is 12.3 Å². The molecule has 0 radical (unpaired) electrons. The van der Waals surface area contributed by atoms with Crippen LogP contribution in [0.3, 0.4) is 0 Å². The molecule has 0 aromatic heterocycles. The van der Waals surface area contributed by atoms with E-state index in [4.69, 9.17) is 4.74 Å². The number of sulfonamides is 1. The molecular weight excluding hydrogens is 421 g/mol. The van der Waals surface area contributed by atoms with Crippen molar-refractivity contribution in [3.63, 3.8) is 0 Å². The molecule has 0 unspecified atom stereocenters. The van der Waals surface area contributed by atoms with E-state index in [9.17, 15) is 26.4 Å². The average molecular weight is 442 g/mol. The number of hydrogen-bond acceptors (Lipinski definition) is 4. The highest BCUT2D eigenvalue weighted by atomic mass is 32.2. The van der Waals surface area contributed by atoms with Gasteiger partial charge in [0.2, 0.25) is 15.9 Å². The number of nitrogens with one attached hydrogen (secondary N) is 1. The Morgan fingerprint density at radius 1 is 1.23 bits per heavy atom. The molecule has 1 amide bonds. The first-order chi connectivity index (χ1) is 13.9. The van der Waals surface area contributed by atoms with Crippen LogP contribution in [0.2, 0.25) is 0 Å². The molecule has 0 aliphatic carbocycles. The first-order valence-electron chi connectivity index (χ1n) is 8.75. The number of rotatable bonds is 8. The van der Waals surface area contributed by atoms with Crippen molar-refractivity contribution in [1.82, 2.24) is 0 Å². The van der Waals surface area contributed by atoms with Crippen molar-refractivity contribution in [3.05, 3.63) is 66.7 Å². The summed E-state index contributed by atoms with van der Waals surface area (Å²) in [6.45, 7) is 5.08. The normalized spacial score (nSPS) is 12.7. The lowest BCUT2D eigenvalue weighted by Gasteiger charge is -2.28. The van der Waals surface area contributed by atoms with Gasteiger partial charge in [-0.2, -0.15) is 13.2 Å². The van der Waals surface area contributed by atoms with Crippen LogP contribution in [0.1, 0.15) is 12.5 Å². The maximum atomic E-state index is 13.0. The van der Waals surface area contributed by atoms with Crippen molar-refractivity contribution < 1.29 is 31.1 Å². The third kappa shape index (κ3) is 5.99. The van der Waals surface area contributed by atoms with E-state index in [0.717, 1.165) is 18.4 Å². The zero-order valence-electron chi connectivity index (χ0n) is 16.3. The van der Waals surface area contributed by atoms with Gasteiger partial charge >= 0.3 is 6.18 Å². The molecule has 6 nitrogen and oxygen atoms in total. The maximum Gasteiger partial charge on any atom is 0.416 e. The number of carbonyl (C=O) groups is 1. The van der Waals surface area contributed by atoms with Gasteiger partial charge in [0, 0.05) is 11.8 Å². The molecule has 0 bridgehead atoms. The number of alkyl halides is 3. The molecule has 2 aromatic carbocycles. The highest BCUT2D eigenvalue weighted by Gasteiger charge is 2.34. The van der Waals surface area contributed by atoms with Gasteiger partial charge in [-0.05, 0) is 37.3 Å². The van der Waals surface area contributed by atoms with Crippen molar-refractivity contribution in [3.8, 4) is 5.75 Å². The quantitative estimate of drug-likeness (QED) is 0.626. The SMILES string of the molecule is C=CCOc1cccc(NC(=O)[C@@H](C)N(c2cccc(C(F)(F)F)c2)S(C)(=O)=O)c1. The van der Waals surface area contributed by atoms with Gasteiger partial charge in [-0.1, -0.05) is 24.8 Å². The molecule has 0 saturated heterocycles. The Labute approximate surface area is 173 Å². The number of anilines is 2. The minimum Gasteiger partial charge on any atom is -0.489 e. The number of carbonyl (C=O) groups excluding carboxylic acids is 1. The van der Waals surface area contributed by atoms with Crippen LogP contribution < -0.4 is 14.4 Å². The third-order valence-electron chi connectivity index (χ3n) is 3.99. The fourth-order valence-electron chi connectivity index (χ4n) is 2.69. The summed E-state index contributed by atoms with van der Waals surface area (Å²) in [6, 6.07) is 8.86.